The van der Waals surface area contributed by atoms with E-state index in [9.17, 15) is 13.2 Å². The Morgan fingerprint density at radius 1 is 1.18 bits per heavy atom. The first-order valence-electron chi connectivity index (χ1n) is 2.56. The summed E-state index contributed by atoms with van der Waals surface area (Å²) >= 11 is 5.02. The zero-order valence-electron chi connectivity index (χ0n) is 5.04. The molecule has 60 valence electrons. The predicted molar refractivity (Wildman–Crippen MR) is 33.0 cm³/mol. The van der Waals surface area contributed by atoms with Gasteiger partial charge in [-0.2, -0.15) is 0 Å². The van der Waals surface area contributed by atoms with Crippen LogP contribution in [-0.2, 0) is 0 Å². The number of phenolic OH excluding ortho intramolecular Hbond substituents is 1. The second-order valence-electron chi connectivity index (χ2n) is 1.82. The Hall–Kier alpha value is -0.900. The minimum absolute atomic E-state index is 0.404. The summed E-state index contributed by atoms with van der Waals surface area (Å²) in [4.78, 5) is 0. The molecule has 0 bridgehead atoms. The van der Waals surface area contributed by atoms with Gasteiger partial charge in [-0.05, 0) is 0 Å². The zero-order chi connectivity index (χ0) is 8.59. The lowest BCUT2D eigenvalue weighted by Gasteiger charge is -1.99. The molecule has 0 spiro atoms. The molecule has 5 heteroatoms. The van der Waals surface area contributed by atoms with Crippen molar-refractivity contribution in [1.29, 1.82) is 0 Å². The summed E-state index contributed by atoms with van der Waals surface area (Å²) < 4.78 is 36.8. The van der Waals surface area contributed by atoms with Crippen LogP contribution in [0.15, 0.2) is 6.07 Å². The van der Waals surface area contributed by atoms with Crippen molar-refractivity contribution in [3.8, 4) is 5.75 Å². The minimum Gasteiger partial charge on any atom is -0.506 e. The fourth-order valence-electron chi connectivity index (χ4n) is 0.560. The number of hydrogen-bond acceptors (Lipinski definition) is 1. The summed E-state index contributed by atoms with van der Waals surface area (Å²) in [7, 11) is 0. The van der Waals surface area contributed by atoms with Crippen LogP contribution in [0.5, 0.6) is 5.75 Å². The van der Waals surface area contributed by atoms with Crippen molar-refractivity contribution >= 4 is 11.6 Å². The van der Waals surface area contributed by atoms with E-state index in [2.05, 4.69) is 0 Å². The monoisotopic (exact) mass is 182 g/mol. The van der Waals surface area contributed by atoms with Crippen LogP contribution < -0.4 is 0 Å². The molecular formula is C6H2ClF3O. The van der Waals surface area contributed by atoms with Gasteiger partial charge in [0.05, 0.1) is 0 Å². The summed E-state index contributed by atoms with van der Waals surface area (Å²) in [5, 5.41) is 7.81. The molecular weight excluding hydrogens is 181 g/mol. The van der Waals surface area contributed by atoms with E-state index in [4.69, 9.17) is 16.7 Å². The van der Waals surface area contributed by atoms with Crippen molar-refractivity contribution in [2.24, 2.45) is 0 Å². The van der Waals surface area contributed by atoms with Crippen LogP contribution in [0.4, 0.5) is 13.2 Å². The van der Waals surface area contributed by atoms with E-state index < -0.39 is 28.2 Å². The average molecular weight is 183 g/mol. The van der Waals surface area contributed by atoms with E-state index in [0.29, 0.717) is 6.07 Å². The quantitative estimate of drug-likeness (QED) is 0.483. The Morgan fingerprint density at radius 3 is 2.27 bits per heavy atom. The maximum absolute atomic E-state index is 12.3. The van der Waals surface area contributed by atoms with Gasteiger partial charge in [-0.1, -0.05) is 11.6 Å². The highest BCUT2D eigenvalue weighted by molar-refractivity contribution is 6.32. The molecule has 0 saturated heterocycles. The van der Waals surface area contributed by atoms with Crippen LogP contribution >= 0.6 is 11.6 Å². The Bertz CT molecular complexity index is 274. The van der Waals surface area contributed by atoms with Crippen molar-refractivity contribution in [1.82, 2.24) is 0 Å². The molecule has 1 aromatic carbocycles. The molecule has 11 heavy (non-hydrogen) atoms. The second-order valence-corrected chi connectivity index (χ2v) is 2.20. The zero-order valence-corrected chi connectivity index (χ0v) is 5.79. The first-order valence-corrected chi connectivity index (χ1v) is 2.93. The molecule has 0 aliphatic rings. The van der Waals surface area contributed by atoms with E-state index in [-0.39, 0.29) is 0 Å². The van der Waals surface area contributed by atoms with Gasteiger partial charge in [-0.25, -0.2) is 13.2 Å². The highest BCUT2D eigenvalue weighted by Gasteiger charge is 2.16. The number of aromatic hydroxyl groups is 1. The van der Waals surface area contributed by atoms with Gasteiger partial charge in [0, 0.05) is 6.07 Å². The predicted octanol–water partition coefficient (Wildman–Crippen LogP) is 2.46. The van der Waals surface area contributed by atoms with Crippen LogP contribution in [0.25, 0.3) is 0 Å². The van der Waals surface area contributed by atoms with Gasteiger partial charge in [0.25, 0.3) is 0 Å². The van der Waals surface area contributed by atoms with Crippen molar-refractivity contribution < 1.29 is 18.3 Å². The summed E-state index contributed by atoms with van der Waals surface area (Å²) in [6, 6.07) is 0.404. The Labute approximate surface area is 65.0 Å². The van der Waals surface area contributed by atoms with Crippen LogP contribution in [0.2, 0.25) is 5.02 Å². The molecule has 0 aliphatic heterocycles. The van der Waals surface area contributed by atoms with Crippen LogP contribution in [-0.4, -0.2) is 5.11 Å². The van der Waals surface area contributed by atoms with E-state index in [1.54, 1.807) is 0 Å². The molecule has 0 unspecified atom stereocenters. The molecule has 0 saturated carbocycles. The van der Waals surface area contributed by atoms with Crippen LogP contribution in [0, 0.1) is 17.5 Å². The maximum atomic E-state index is 12.3. The molecule has 1 aromatic rings. The molecule has 0 amide bonds. The highest BCUT2D eigenvalue weighted by Crippen LogP contribution is 2.29. The lowest BCUT2D eigenvalue weighted by Crippen LogP contribution is -1.90. The van der Waals surface area contributed by atoms with Crippen molar-refractivity contribution in [3.05, 3.63) is 28.5 Å². The van der Waals surface area contributed by atoms with Gasteiger partial charge in [0.15, 0.2) is 17.5 Å². The first kappa shape index (κ1) is 8.20. The van der Waals surface area contributed by atoms with Gasteiger partial charge in [0.2, 0.25) is 0 Å². The van der Waals surface area contributed by atoms with E-state index in [0.717, 1.165) is 0 Å². The number of rotatable bonds is 0. The summed E-state index contributed by atoms with van der Waals surface area (Å²) in [6.07, 6.45) is 0. The first-order chi connectivity index (χ1) is 5.04. The normalized spacial score (nSPS) is 10.2. The smallest absolute Gasteiger partial charge is 0.196 e. The summed E-state index contributed by atoms with van der Waals surface area (Å²) in [5.41, 5.74) is 0. The largest absolute Gasteiger partial charge is 0.506 e. The molecule has 0 heterocycles. The molecule has 1 rings (SSSR count). The maximum Gasteiger partial charge on any atom is 0.196 e. The number of phenols is 1. The summed E-state index contributed by atoms with van der Waals surface area (Å²) in [6.45, 7) is 0. The molecule has 0 radical (unpaired) electrons. The standard InChI is InChI=1S/C6H2ClF3O/c7-4-3(11)1-2(8)5(9)6(4)10/h1,11H. The third-order valence-electron chi connectivity index (χ3n) is 1.08. The van der Waals surface area contributed by atoms with Gasteiger partial charge in [-0.15, -0.1) is 0 Å². The Balaban J connectivity index is 3.46. The Kier molecular flexibility index (Phi) is 1.95. The SMILES string of the molecule is Oc1cc(F)c(F)c(F)c1Cl. The third kappa shape index (κ3) is 1.26. The Morgan fingerprint density at radius 2 is 1.73 bits per heavy atom. The third-order valence-corrected chi connectivity index (χ3v) is 1.44. The van der Waals surface area contributed by atoms with Gasteiger partial charge < -0.3 is 5.11 Å². The van der Waals surface area contributed by atoms with Gasteiger partial charge >= 0.3 is 0 Å². The van der Waals surface area contributed by atoms with Crippen molar-refractivity contribution in [2.45, 2.75) is 0 Å². The summed E-state index contributed by atoms with van der Waals surface area (Å²) in [5.74, 6) is -5.55. The average Bonchev–Trinajstić information content (AvgIpc) is 1.97. The number of halogens is 4. The minimum atomic E-state index is -1.69. The molecule has 0 aromatic heterocycles. The van der Waals surface area contributed by atoms with E-state index >= 15 is 0 Å². The highest BCUT2D eigenvalue weighted by atomic mass is 35.5. The molecule has 0 atom stereocenters. The number of benzene rings is 1. The fourth-order valence-corrected chi connectivity index (χ4v) is 0.698. The van der Waals surface area contributed by atoms with Gasteiger partial charge in [0.1, 0.15) is 10.8 Å². The van der Waals surface area contributed by atoms with E-state index in [1.165, 1.54) is 0 Å². The second kappa shape index (κ2) is 2.62. The molecule has 1 N–H and O–H groups in total. The molecule has 0 fully saturated rings. The van der Waals surface area contributed by atoms with Crippen LogP contribution in [0.3, 0.4) is 0 Å². The van der Waals surface area contributed by atoms with Gasteiger partial charge in [-0.3, -0.25) is 0 Å². The molecule has 0 aliphatic carbocycles. The number of hydrogen-bond donors (Lipinski definition) is 1. The van der Waals surface area contributed by atoms with Crippen molar-refractivity contribution in [3.63, 3.8) is 0 Å². The lowest BCUT2D eigenvalue weighted by molar-refractivity contribution is 0.420. The van der Waals surface area contributed by atoms with Crippen molar-refractivity contribution in [2.75, 3.05) is 0 Å². The van der Waals surface area contributed by atoms with Crippen LogP contribution in [0.1, 0.15) is 0 Å². The lowest BCUT2D eigenvalue weighted by atomic mass is 10.3. The topological polar surface area (TPSA) is 20.2 Å². The fraction of sp³-hybridized carbons (Fsp3) is 0. The molecule has 1 nitrogen and oxygen atoms in total. The van der Waals surface area contributed by atoms with E-state index in [1.807, 2.05) is 0 Å².